The normalized spacial score (nSPS) is 20.0. The number of aliphatic hydroxyl groups is 1. The maximum absolute atomic E-state index is 12.2. The van der Waals surface area contributed by atoms with Gasteiger partial charge in [-0.15, -0.1) is 0 Å². The molecule has 0 bridgehead atoms. The highest BCUT2D eigenvalue weighted by Gasteiger charge is 2.43. The monoisotopic (exact) mass is 317 g/mol. The van der Waals surface area contributed by atoms with Crippen LogP contribution in [0.15, 0.2) is 36.5 Å². The summed E-state index contributed by atoms with van der Waals surface area (Å²) in [6.45, 7) is -0.220. The number of esters is 1. The lowest BCUT2D eigenvalue weighted by atomic mass is 9.97. The number of carbonyl (C=O) groups is 2. The Kier molecular flexibility index (Phi) is 3.75. The van der Waals surface area contributed by atoms with Gasteiger partial charge in [-0.2, -0.15) is 5.10 Å². The number of ether oxygens (including phenoxy) is 1. The fraction of sp³-hybridized carbons (Fsp3) is 0.267. The summed E-state index contributed by atoms with van der Waals surface area (Å²) in [7, 11) is 1.19. The molecule has 120 valence electrons. The second-order valence-corrected chi connectivity index (χ2v) is 5.11. The zero-order chi connectivity index (χ0) is 16.6. The molecule has 1 aromatic carbocycles. The lowest BCUT2D eigenvalue weighted by Crippen LogP contribution is -2.45. The van der Waals surface area contributed by atoms with E-state index in [-0.39, 0.29) is 6.54 Å². The predicted octanol–water partition coefficient (Wildman–Crippen LogP) is 1.11. The van der Waals surface area contributed by atoms with Crippen molar-refractivity contribution in [2.24, 2.45) is 0 Å². The number of hydrogen-bond acceptors (Lipinski definition) is 5. The van der Waals surface area contributed by atoms with Crippen LogP contribution in [0.25, 0.3) is 5.69 Å². The van der Waals surface area contributed by atoms with Gasteiger partial charge < -0.3 is 14.9 Å². The van der Waals surface area contributed by atoms with Gasteiger partial charge in [0.25, 0.3) is 0 Å². The van der Waals surface area contributed by atoms with E-state index in [9.17, 15) is 19.8 Å². The van der Waals surface area contributed by atoms with Crippen LogP contribution >= 0.6 is 0 Å². The summed E-state index contributed by atoms with van der Waals surface area (Å²) in [5.74, 6) is -0.724. The number of hydrogen-bond donors (Lipinski definition) is 2. The number of aromatic nitrogens is 2. The molecular weight excluding hydrogens is 302 g/mol. The molecule has 2 unspecified atom stereocenters. The summed E-state index contributed by atoms with van der Waals surface area (Å²) in [5.41, 5.74) is 1.37. The first-order valence-corrected chi connectivity index (χ1v) is 6.93. The van der Waals surface area contributed by atoms with Gasteiger partial charge >= 0.3 is 12.1 Å². The first-order valence-electron chi connectivity index (χ1n) is 6.93. The zero-order valence-electron chi connectivity index (χ0n) is 12.3. The molecule has 8 heteroatoms. The molecule has 3 rings (SSSR count). The summed E-state index contributed by atoms with van der Waals surface area (Å²) < 4.78 is 6.21. The third-order valence-electron chi connectivity index (χ3n) is 3.81. The molecule has 1 aliphatic rings. The average molecular weight is 317 g/mol. The first kappa shape index (κ1) is 15.0. The van der Waals surface area contributed by atoms with Crippen LogP contribution in [0.3, 0.4) is 0 Å². The van der Waals surface area contributed by atoms with Crippen molar-refractivity contribution >= 4 is 12.1 Å². The van der Waals surface area contributed by atoms with E-state index in [0.717, 1.165) is 4.90 Å². The number of nitrogens with zero attached hydrogens (tertiary/aromatic N) is 3. The van der Waals surface area contributed by atoms with Crippen molar-refractivity contribution in [3.05, 3.63) is 47.8 Å². The van der Waals surface area contributed by atoms with E-state index < -0.39 is 24.2 Å². The van der Waals surface area contributed by atoms with E-state index in [1.54, 1.807) is 24.3 Å². The SMILES string of the molecule is COC(=O)C1c2c(cnn2-c2ccccc2)C(O)CN1C(=O)O. The molecule has 0 aliphatic carbocycles. The minimum atomic E-state index is -1.31. The summed E-state index contributed by atoms with van der Waals surface area (Å²) in [5, 5.41) is 23.8. The molecule has 2 atom stereocenters. The topological polar surface area (TPSA) is 105 Å². The van der Waals surface area contributed by atoms with Crippen molar-refractivity contribution in [2.45, 2.75) is 12.1 Å². The van der Waals surface area contributed by atoms with Gasteiger partial charge in [0.2, 0.25) is 0 Å². The number of rotatable bonds is 2. The van der Waals surface area contributed by atoms with Crippen LogP contribution in [0.5, 0.6) is 0 Å². The van der Waals surface area contributed by atoms with E-state index in [4.69, 9.17) is 4.74 Å². The van der Waals surface area contributed by atoms with Crippen LogP contribution in [0, 0.1) is 0 Å². The molecular formula is C15H15N3O5. The van der Waals surface area contributed by atoms with Crippen LogP contribution in [0.2, 0.25) is 0 Å². The summed E-state index contributed by atoms with van der Waals surface area (Å²) in [6.07, 6.45) is -0.923. The molecule has 1 aromatic heterocycles. The van der Waals surface area contributed by atoms with E-state index >= 15 is 0 Å². The number of aliphatic hydroxyl groups excluding tert-OH is 1. The fourth-order valence-electron chi connectivity index (χ4n) is 2.75. The average Bonchev–Trinajstić information content (AvgIpc) is 3.00. The van der Waals surface area contributed by atoms with Gasteiger partial charge in [0, 0.05) is 5.56 Å². The lowest BCUT2D eigenvalue weighted by molar-refractivity contribution is -0.148. The zero-order valence-corrected chi connectivity index (χ0v) is 12.3. The van der Waals surface area contributed by atoms with E-state index in [0.29, 0.717) is 16.9 Å². The Labute approximate surface area is 131 Å². The molecule has 2 heterocycles. The van der Waals surface area contributed by atoms with Crippen molar-refractivity contribution in [1.29, 1.82) is 0 Å². The van der Waals surface area contributed by atoms with Gasteiger partial charge in [-0.25, -0.2) is 14.3 Å². The lowest BCUT2D eigenvalue weighted by Gasteiger charge is -2.34. The number of para-hydroxylation sites is 1. The molecule has 1 amide bonds. The summed E-state index contributed by atoms with van der Waals surface area (Å²) in [4.78, 5) is 24.5. The van der Waals surface area contributed by atoms with Crippen molar-refractivity contribution in [1.82, 2.24) is 14.7 Å². The van der Waals surface area contributed by atoms with E-state index in [1.807, 2.05) is 6.07 Å². The Hall–Kier alpha value is -2.87. The number of fused-ring (bicyclic) bond motifs is 1. The molecule has 23 heavy (non-hydrogen) atoms. The molecule has 8 nitrogen and oxygen atoms in total. The highest BCUT2D eigenvalue weighted by Crippen LogP contribution is 2.36. The van der Waals surface area contributed by atoms with Crippen LogP contribution in [-0.4, -0.2) is 50.6 Å². The number of carbonyl (C=O) groups excluding carboxylic acids is 1. The van der Waals surface area contributed by atoms with Gasteiger partial charge in [-0.05, 0) is 12.1 Å². The Balaban J connectivity index is 2.20. The van der Waals surface area contributed by atoms with Crippen molar-refractivity contribution in [2.75, 3.05) is 13.7 Å². The molecule has 0 radical (unpaired) electrons. The minimum Gasteiger partial charge on any atom is -0.467 e. The molecule has 2 N–H and O–H groups in total. The van der Waals surface area contributed by atoms with Gasteiger partial charge in [0.15, 0.2) is 6.04 Å². The highest BCUT2D eigenvalue weighted by atomic mass is 16.5. The Morgan fingerprint density at radius 1 is 1.30 bits per heavy atom. The third-order valence-corrected chi connectivity index (χ3v) is 3.81. The van der Waals surface area contributed by atoms with Gasteiger partial charge in [-0.1, -0.05) is 18.2 Å². The molecule has 0 spiro atoms. The second-order valence-electron chi connectivity index (χ2n) is 5.11. The molecule has 1 aliphatic heterocycles. The van der Waals surface area contributed by atoms with Crippen molar-refractivity contribution < 1.29 is 24.5 Å². The van der Waals surface area contributed by atoms with Crippen molar-refractivity contribution in [3.63, 3.8) is 0 Å². The highest BCUT2D eigenvalue weighted by molar-refractivity contribution is 5.83. The molecule has 0 saturated carbocycles. The molecule has 2 aromatic rings. The van der Waals surface area contributed by atoms with Crippen LogP contribution in [-0.2, 0) is 9.53 Å². The second kappa shape index (κ2) is 5.73. The van der Waals surface area contributed by atoms with Crippen molar-refractivity contribution in [3.8, 4) is 5.69 Å². The number of amides is 1. The number of carboxylic acid groups (broad SMARTS) is 1. The number of methoxy groups -OCH3 is 1. The summed E-state index contributed by atoms with van der Waals surface area (Å²) >= 11 is 0. The first-order chi connectivity index (χ1) is 11.0. The Bertz CT molecular complexity index is 743. The summed E-state index contributed by atoms with van der Waals surface area (Å²) in [6, 6.07) is 7.78. The van der Waals surface area contributed by atoms with Crippen LogP contribution in [0.4, 0.5) is 4.79 Å². The number of β-amino-alcohol motifs (C(OH)–C–C–N with tert-alkyl or cyclic N) is 1. The van der Waals surface area contributed by atoms with E-state index in [1.165, 1.54) is 18.0 Å². The molecule has 0 saturated heterocycles. The largest absolute Gasteiger partial charge is 0.467 e. The Morgan fingerprint density at radius 3 is 2.61 bits per heavy atom. The van der Waals surface area contributed by atoms with Crippen LogP contribution < -0.4 is 0 Å². The van der Waals surface area contributed by atoms with Gasteiger partial charge in [-0.3, -0.25) is 4.90 Å². The molecule has 0 fully saturated rings. The quantitative estimate of drug-likeness (QED) is 0.804. The standard InChI is InChI=1S/C15H15N3O5/c1-23-14(20)13-12-10(11(19)8-17(13)15(21)22)7-16-18(12)9-5-3-2-4-6-9/h2-7,11,13,19H,8H2,1H3,(H,21,22). The fourth-order valence-corrected chi connectivity index (χ4v) is 2.75. The van der Waals surface area contributed by atoms with Crippen LogP contribution in [0.1, 0.15) is 23.4 Å². The third kappa shape index (κ3) is 2.42. The maximum Gasteiger partial charge on any atom is 0.408 e. The minimum absolute atomic E-state index is 0.220. The maximum atomic E-state index is 12.2. The number of benzene rings is 1. The van der Waals surface area contributed by atoms with Gasteiger partial charge in [0.05, 0.1) is 31.2 Å². The van der Waals surface area contributed by atoms with Gasteiger partial charge in [0.1, 0.15) is 6.10 Å². The van der Waals surface area contributed by atoms with E-state index in [2.05, 4.69) is 5.10 Å². The predicted molar refractivity (Wildman–Crippen MR) is 78.0 cm³/mol. The Morgan fingerprint density at radius 2 is 2.00 bits per heavy atom. The smallest absolute Gasteiger partial charge is 0.408 e.